The second-order valence-corrected chi connectivity index (χ2v) is 3.98. The number of aryl methyl sites for hydroxylation is 1. The Bertz CT molecular complexity index is 417. The maximum Gasteiger partial charge on any atom is 0.113 e. The normalized spacial score (nSPS) is 11.4. The summed E-state index contributed by atoms with van der Waals surface area (Å²) in [7, 11) is 0. The summed E-state index contributed by atoms with van der Waals surface area (Å²) in [6, 6.07) is 8.07. The van der Waals surface area contributed by atoms with Crippen LogP contribution in [0.15, 0.2) is 24.3 Å². The molecule has 0 fully saturated rings. The standard InChI is InChI=1S/C11H15N3/c1-9(2)7-8-14-11-6-4-3-5-10(11)12-13-14/h3-6,9H,7-8H2,1-2H3. The van der Waals surface area contributed by atoms with Gasteiger partial charge in [-0.1, -0.05) is 31.2 Å². The molecule has 1 heterocycles. The molecule has 0 aliphatic rings. The minimum absolute atomic E-state index is 0.706. The van der Waals surface area contributed by atoms with Crippen LogP contribution in [0.5, 0.6) is 0 Å². The summed E-state index contributed by atoms with van der Waals surface area (Å²) in [5, 5.41) is 8.24. The molecule has 0 N–H and O–H groups in total. The molecular formula is C11H15N3. The molecule has 0 atom stereocenters. The Morgan fingerprint density at radius 1 is 1.29 bits per heavy atom. The van der Waals surface area contributed by atoms with E-state index in [0.717, 1.165) is 24.0 Å². The average Bonchev–Trinajstić information content (AvgIpc) is 2.58. The fourth-order valence-electron chi connectivity index (χ4n) is 1.46. The van der Waals surface area contributed by atoms with Crippen LogP contribution in [0.3, 0.4) is 0 Å². The van der Waals surface area contributed by atoms with Gasteiger partial charge >= 0.3 is 0 Å². The van der Waals surface area contributed by atoms with Crippen LogP contribution in [0.25, 0.3) is 11.0 Å². The fourth-order valence-corrected chi connectivity index (χ4v) is 1.46. The van der Waals surface area contributed by atoms with E-state index >= 15 is 0 Å². The highest BCUT2D eigenvalue weighted by molar-refractivity contribution is 5.73. The molecule has 0 amide bonds. The lowest BCUT2D eigenvalue weighted by atomic mass is 10.1. The molecule has 0 aliphatic carbocycles. The van der Waals surface area contributed by atoms with Crippen LogP contribution in [0.2, 0.25) is 0 Å². The van der Waals surface area contributed by atoms with Gasteiger partial charge in [-0.25, -0.2) is 4.68 Å². The van der Waals surface area contributed by atoms with E-state index in [-0.39, 0.29) is 0 Å². The second-order valence-electron chi connectivity index (χ2n) is 3.98. The number of para-hydroxylation sites is 1. The van der Waals surface area contributed by atoms with Gasteiger partial charge in [0, 0.05) is 6.54 Å². The lowest BCUT2D eigenvalue weighted by molar-refractivity contribution is 0.487. The van der Waals surface area contributed by atoms with E-state index in [9.17, 15) is 0 Å². The van der Waals surface area contributed by atoms with Crippen molar-refractivity contribution in [1.29, 1.82) is 0 Å². The van der Waals surface area contributed by atoms with E-state index in [1.165, 1.54) is 0 Å². The van der Waals surface area contributed by atoms with Crippen LogP contribution >= 0.6 is 0 Å². The predicted octanol–water partition coefficient (Wildman–Crippen LogP) is 2.48. The molecule has 0 aliphatic heterocycles. The highest BCUT2D eigenvalue weighted by Crippen LogP contribution is 2.11. The van der Waals surface area contributed by atoms with E-state index in [1.54, 1.807) is 0 Å². The monoisotopic (exact) mass is 189 g/mol. The van der Waals surface area contributed by atoms with Gasteiger partial charge in [0.2, 0.25) is 0 Å². The summed E-state index contributed by atoms with van der Waals surface area (Å²) in [4.78, 5) is 0. The Hall–Kier alpha value is -1.38. The largest absolute Gasteiger partial charge is 0.245 e. The van der Waals surface area contributed by atoms with Crippen LogP contribution in [0, 0.1) is 5.92 Å². The summed E-state index contributed by atoms with van der Waals surface area (Å²) in [6.07, 6.45) is 1.15. The van der Waals surface area contributed by atoms with Gasteiger partial charge in [0.1, 0.15) is 5.52 Å². The van der Waals surface area contributed by atoms with Crippen LogP contribution in [0.1, 0.15) is 20.3 Å². The summed E-state index contributed by atoms with van der Waals surface area (Å²) < 4.78 is 1.98. The van der Waals surface area contributed by atoms with Crippen molar-refractivity contribution in [2.75, 3.05) is 0 Å². The number of hydrogen-bond donors (Lipinski definition) is 0. The molecule has 3 nitrogen and oxygen atoms in total. The minimum Gasteiger partial charge on any atom is -0.245 e. The lowest BCUT2D eigenvalue weighted by Gasteiger charge is -2.04. The van der Waals surface area contributed by atoms with Gasteiger partial charge < -0.3 is 0 Å². The summed E-state index contributed by atoms with van der Waals surface area (Å²) >= 11 is 0. The van der Waals surface area contributed by atoms with Gasteiger partial charge in [-0.2, -0.15) is 0 Å². The molecule has 0 unspecified atom stereocenters. The molecule has 3 heteroatoms. The van der Waals surface area contributed by atoms with Crippen LogP contribution in [-0.4, -0.2) is 15.0 Å². The van der Waals surface area contributed by atoms with E-state index in [4.69, 9.17) is 0 Å². The van der Waals surface area contributed by atoms with E-state index < -0.39 is 0 Å². The summed E-state index contributed by atoms with van der Waals surface area (Å²) in [5.74, 6) is 0.706. The van der Waals surface area contributed by atoms with Crippen molar-refractivity contribution in [3.8, 4) is 0 Å². The summed E-state index contributed by atoms with van der Waals surface area (Å²) in [5.41, 5.74) is 2.12. The molecule has 0 saturated heterocycles. The summed E-state index contributed by atoms with van der Waals surface area (Å²) in [6.45, 7) is 5.40. The first-order valence-corrected chi connectivity index (χ1v) is 5.05. The molecule has 2 rings (SSSR count). The van der Waals surface area contributed by atoms with E-state index in [0.29, 0.717) is 5.92 Å². The van der Waals surface area contributed by atoms with Gasteiger partial charge in [0.25, 0.3) is 0 Å². The van der Waals surface area contributed by atoms with Crippen molar-refractivity contribution in [3.63, 3.8) is 0 Å². The molecule has 2 aromatic rings. The van der Waals surface area contributed by atoms with Gasteiger partial charge in [0.15, 0.2) is 0 Å². The maximum absolute atomic E-state index is 4.13. The zero-order valence-electron chi connectivity index (χ0n) is 8.64. The third-order valence-electron chi connectivity index (χ3n) is 2.34. The number of benzene rings is 1. The van der Waals surface area contributed by atoms with Crippen molar-refractivity contribution in [3.05, 3.63) is 24.3 Å². The van der Waals surface area contributed by atoms with Gasteiger partial charge in [-0.15, -0.1) is 5.10 Å². The molecular weight excluding hydrogens is 174 g/mol. The lowest BCUT2D eigenvalue weighted by Crippen LogP contribution is -2.03. The van der Waals surface area contributed by atoms with Crippen molar-refractivity contribution in [2.24, 2.45) is 5.92 Å². The highest BCUT2D eigenvalue weighted by atomic mass is 15.4. The SMILES string of the molecule is CC(C)CCn1nnc2ccccc21. The quantitative estimate of drug-likeness (QED) is 0.742. The first-order valence-electron chi connectivity index (χ1n) is 5.05. The molecule has 1 aromatic heterocycles. The topological polar surface area (TPSA) is 30.7 Å². The van der Waals surface area contributed by atoms with Crippen LogP contribution in [-0.2, 0) is 6.54 Å². The van der Waals surface area contributed by atoms with Crippen LogP contribution in [0.4, 0.5) is 0 Å². The van der Waals surface area contributed by atoms with Crippen LogP contribution < -0.4 is 0 Å². The Morgan fingerprint density at radius 3 is 2.86 bits per heavy atom. The maximum atomic E-state index is 4.13. The molecule has 14 heavy (non-hydrogen) atoms. The Balaban J connectivity index is 2.25. The zero-order chi connectivity index (χ0) is 9.97. The van der Waals surface area contributed by atoms with Crippen molar-refractivity contribution in [1.82, 2.24) is 15.0 Å². The average molecular weight is 189 g/mol. The third kappa shape index (κ3) is 1.76. The van der Waals surface area contributed by atoms with Gasteiger partial charge in [-0.05, 0) is 24.5 Å². The Morgan fingerprint density at radius 2 is 2.07 bits per heavy atom. The molecule has 1 aromatic carbocycles. The first-order chi connectivity index (χ1) is 6.77. The number of aromatic nitrogens is 3. The molecule has 0 saturated carbocycles. The molecule has 0 bridgehead atoms. The van der Waals surface area contributed by atoms with E-state index in [1.807, 2.05) is 22.9 Å². The number of hydrogen-bond acceptors (Lipinski definition) is 2. The smallest absolute Gasteiger partial charge is 0.113 e. The zero-order valence-corrected chi connectivity index (χ0v) is 8.64. The minimum atomic E-state index is 0.706. The number of fused-ring (bicyclic) bond motifs is 1. The Kier molecular flexibility index (Phi) is 2.48. The van der Waals surface area contributed by atoms with Crippen molar-refractivity contribution < 1.29 is 0 Å². The fraction of sp³-hybridized carbons (Fsp3) is 0.455. The predicted molar refractivity (Wildman–Crippen MR) is 57.0 cm³/mol. The van der Waals surface area contributed by atoms with Gasteiger partial charge in [0.05, 0.1) is 5.52 Å². The first kappa shape index (κ1) is 9.19. The second kappa shape index (κ2) is 3.78. The van der Waals surface area contributed by atoms with E-state index in [2.05, 4.69) is 30.2 Å². The van der Waals surface area contributed by atoms with Crippen molar-refractivity contribution in [2.45, 2.75) is 26.8 Å². The molecule has 74 valence electrons. The third-order valence-corrected chi connectivity index (χ3v) is 2.34. The molecule has 0 spiro atoms. The Labute approximate surface area is 83.7 Å². The highest BCUT2D eigenvalue weighted by Gasteiger charge is 2.03. The number of rotatable bonds is 3. The number of nitrogens with zero attached hydrogens (tertiary/aromatic N) is 3. The van der Waals surface area contributed by atoms with Crippen molar-refractivity contribution >= 4 is 11.0 Å². The van der Waals surface area contributed by atoms with Gasteiger partial charge in [-0.3, -0.25) is 0 Å². The molecule has 0 radical (unpaired) electrons.